The van der Waals surface area contributed by atoms with Crippen molar-refractivity contribution in [2.75, 3.05) is 0 Å². The SMILES string of the molecule is CC=Cc1ccc(C(C)c2ccc(Br)cc2)c(F)c1. The number of allylic oxidation sites excluding steroid dienone is 1. The van der Waals surface area contributed by atoms with Gasteiger partial charge in [-0.05, 0) is 41.8 Å². The largest absolute Gasteiger partial charge is 0.207 e. The molecule has 0 aromatic heterocycles. The van der Waals surface area contributed by atoms with Crippen LogP contribution < -0.4 is 0 Å². The predicted molar refractivity (Wildman–Crippen MR) is 82.8 cm³/mol. The molecule has 0 radical (unpaired) electrons. The molecule has 0 aliphatic heterocycles. The van der Waals surface area contributed by atoms with Crippen molar-refractivity contribution in [1.82, 2.24) is 0 Å². The lowest BCUT2D eigenvalue weighted by atomic mass is 9.92. The summed E-state index contributed by atoms with van der Waals surface area (Å²) in [5.41, 5.74) is 2.74. The van der Waals surface area contributed by atoms with E-state index in [0.717, 1.165) is 21.2 Å². The van der Waals surface area contributed by atoms with E-state index in [1.165, 1.54) is 0 Å². The first-order valence-corrected chi connectivity index (χ1v) is 7.08. The summed E-state index contributed by atoms with van der Waals surface area (Å²) < 4.78 is 15.2. The molecule has 0 bridgehead atoms. The van der Waals surface area contributed by atoms with Crippen LogP contribution in [0.5, 0.6) is 0 Å². The summed E-state index contributed by atoms with van der Waals surface area (Å²) in [6.45, 7) is 3.95. The van der Waals surface area contributed by atoms with Crippen LogP contribution in [0, 0.1) is 5.82 Å². The van der Waals surface area contributed by atoms with Crippen LogP contribution in [0.3, 0.4) is 0 Å². The Balaban J connectivity index is 2.33. The van der Waals surface area contributed by atoms with Crippen LogP contribution in [0.2, 0.25) is 0 Å². The zero-order chi connectivity index (χ0) is 13.8. The zero-order valence-electron chi connectivity index (χ0n) is 11.0. The van der Waals surface area contributed by atoms with E-state index >= 15 is 0 Å². The van der Waals surface area contributed by atoms with Crippen molar-refractivity contribution in [2.24, 2.45) is 0 Å². The summed E-state index contributed by atoms with van der Waals surface area (Å²) in [5.74, 6) is -0.0984. The van der Waals surface area contributed by atoms with E-state index in [4.69, 9.17) is 0 Å². The van der Waals surface area contributed by atoms with Crippen molar-refractivity contribution >= 4 is 22.0 Å². The van der Waals surface area contributed by atoms with Crippen molar-refractivity contribution in [3.05, 3.63) is 75.5 Å². The second kappa shape index (κ2) is 6.16. The van der Waals surface area contributed by atoms with Crippen molar-refractivity contribution in [1.29, 1.82) is 0 Å². The van der Waals surface area contributed by atoms with Crippen LogP contribution >= 0.6 is 15.9 Å². The van der Waals surface area contributed by atoms with E-state index in [9.17, 15) is 4.39 Å². The molecule has 1 atom stereocenters. The molecule has 2 aromatic carbocycles. The van der Waals surface area contributed by atoms with Gasteiger partial charge in [0, 0.05) is 10.4 Å². The van der Waals surface area contributed by atoms with E-state index in [2.05, 4.69) is 15.9 Å². The monoisotopic (exact) mass is 318 g/mol. The summed E-state index contributed by atoms with van der Waals surface area (Å²) in [6, 6.07) is 13.4. The second-order valence-electron chi connectivity index (χ2n) is 4.55. The Morgan fingerprint density at radius 2 is 1.79 bits per heavy atom. The molecule has 0 aliphatic carbocycles. The molecule has 2 aromatic rings. The zero-order valence-corrected chi connectivity index (χ0v) is 12.6. The first kappa shape index (κ1) is 14.0. The lowest BCUT2D eigenvalue weighted by Gasteiger charge is -2.14. The van der Waals surface area contributed by atoms with Crippen molar-refractivity contribution in [3.63, 3.8) is 0 Å². The molecule has 0 spiro atoms. The quantitative estimate of drug-likeness (QED) is 0.673. The van der Waals surface area contributed by atoms with Gasteiger partial charge in [0.25, 0.3) is 0 Å². The van der Waals surface area contributed by atoms with Crippen molar-refractivity contribution < 1.29 is 4.39 Å². The number of rotatable bonds is 3. The summed E-state index contributed by atoms with van der Waals surface area (Å²) in [4.78, 5) is 0. The molecule has 0 N–H and O–H groups in total. The predicted octanol–water partition coefficient (Wildman–Crippen LogP) is 5.77. The lowest BCUT2D eigenvalue weighted by molar-refractivity contribution is 0.603. The Hall–Kier alpha value is -1.41. The highest BCUT2D eigenvalue weighted by Crippen LogP contribution is 2.28. The first-order chi connectivity index (χ1) is 9.11. The third-order valence-electron chi connectivity index (χ3n) is 3.22. The van der Waals surface area contributed by atoms with Gasteiger partial charge in [-0.25, -0.2) is 4.39 Å². The van der Waals surface area contributed by atoms with E-state index in [1.807, 2.05) is 62.4 Å². The van der Waals surface area contributed by atoms with Gasteiger partial charge in [-0.2, -0.15) is 0 Å². The summed E-state index contributed by atoms with van der Waals surface area (Å²) in [6.07, 6.45) is 3.81. The van der Waals surface area contributed by atoms with Gasteiger partial charge in [-0.15, -0.1) is 0 Å². The fourth-order valence-electron chi connectivity index (χ4n) is 2.12. The molecular formula is C17H16BrF. The Morgan fingerprint density at radius 1 is 1.11 bits per heavy atom. The fraction of sp³-hybridized carbons (Fsp3) is 0.176. The Kier molecular flexibility index (Phi) is 4.54. The normalized spacial score (nSPS) is 12.8. The number of halogens is 2. The van der Waals surface area contributed by atoms with E-state index in [1.54, 1.807) is 6.07 Å². The van der Waals surface area contributed by atoms with Crippen LogP contribution in [-0.4, -0.2) is 0 Å². The summed E-state index contributed by atoms with van der Waals surface area (Å²) >= 11 is 3.41. The molecule has 0 nitrogen and oxygen atoms in total. The lowest BCUT2D eigenvalue weighted by Crippen LogP contribution is -1.99. The van der Waals surface area contributed by atoms with Gasteiger partial charge in [0.05, 0.1) is 0 Å². The molecule has 1 unspecified atom stereocenters. The van der Waals surface area contributed by atoms with Gasteiger partial charge >= 0.3 is 0 Å². The van der Waals surface area contributed by atoms with E-state index in [-0.39, 0.29) is 11.7 Å². The molecule has 0 aliphatic rings. The maximum absolute atomic E-state index is 14.1. The highest BCUT2D eigenvalue weighted by Gasteiger charge is 2.13. The molecular weight excluding hydrogens is 303 g/mol. The average Bonchev–Trinajstić information content (AvgIpc) is 2.39. The summed E-state index contributed by atoms with van der Waals surface area (Å²) in [7, 11) is 0. The van der Waals surface area contributed by atoms with Crippen LogP contribution in [0.1, 0.15) is 36.5 Å². The molecule has 98 valence electrons. The van der Waals surface area contributed by atoms with Crippen LogP contribution in [0.4, 0.5) is 4.39 Å². The molecule has 0 saturated heterocycles. The van der Waals surface area contributed by atoms with Crippen LogP contribution in [0.25, 0.3) is 6.08 Å². The van der Waals surface area contributed by atoms with Crippen molar-refractivity contribution in [2.45, 2.75) is 19.8 Å². The second-order valence-corrected chi connectivity index (χ2v) is 5.47. The van der Waals surface area contributed by atoms with Gasteiger partial charge in [0.15, 0.2) is 0 Å². The van der Waals surface area contributed by atoms with Crippen LogP contribution in [0.15, 0.2) is 53.0 Å². The topological polar surface area (TPSA) is 0 Å². The molecule has 0 fully saturated rings. The Morgan fingerprint density at radius 3 is 2.37 bits per heavy atom. The number of hydrogen-bond donors (Lipinski definition) is 0. The smallest absolute Gasteiger partial charge is 0.127 e. The molecule has 0 saturated carbocycles. The minimum Gasteiger partial charge on any atom is -0.207 e. The van der Waals surface area contributed by atoms with Gasteiger partial charge in [0.1, 0.15) is 5.82 Å². The van der Waals surface area contributed by atoms with Gasteiger partial charge in [0.2, 0.25) is 0 Å². The average molecular weight is 319 g/mol. The minimum atomic E-state index is -0.147. The van der Waals surface area contributed by atoms with Gasteiger partial charge in [-0.1, -0.05) is 59.3 Å². The van der Waals surface area contributed by atoms with Crippen molar-refractivity contribution in [3.8, 4) is 0 Å². The highest BCUT2D eigenvalue weighted by atomic mass is 79.9. The first-order valence-electron chi connectivity index (χ1n) is 6.29. The van der Waals surface area contributed by atoms with Gasteiger partial charge in [-0.3, -0.25) is 0 Å². The molecule has 0 amide bonds. The highest BCUT2D eigenvalue weighted by molar-refractivity contribution is 9.10. The molecule has 19 heavy (non-hydrogen) atoms. The maximum Gasteiger partial charge on any atom is 0.127 e. The standard InChI is InChI=1S/C17H16BrF/c1-3-4-13-5-10-16(17(19)11-13)12(2)14-6-8-15(18)9-7-14/h3-12H,1-2H3. The number of hydrogen-bond acceptors (Lipinski definition) is 0. The fourth-order valence-corrected chi connectivity index (χ4v) is 2.39. The number of benzene rings is 2. The van der Waals surface area contributed by atoms with E-state index < -0.39 is 0 Å². The van der Waals surface area contributed by atoms with Crippen LogP contribution in [-0.2, 0) is 0 Å². The molecule has 0 heterocycles. The third-order valence-corrected chi connectivity index (χ3v) is 3.75. The third kappa shape index (κ3) is 3.32. The molecule has 2 heteroatoms. The Bertz CT molecular complexity index is 585. The minimum absolute atomic E-state index is 0.0488. The maximum atomic E-state index is 14.1. The van der Waals surface area contributed by atoms with E-state index in [0.29, 0.717) is 0 Å². The summed E-state index contributed by atoms with van der Waals surface area (Å²) in [5, 5.41) is 0. The molecule has 2 rings (SSSR count). The Labute approximate surface area is 122 Å². The van der Waals surface area contributed by atoms with Gasteiger partial charge < -0.3 is 0 Å².